The molecule has 4 fully saturated rings. The molecule has 0 unspecified atom stereocenters. The van der Waals surface area contributed by atoms with Crippen LogP contribution in [0.2, 0.25) is 0 Å². The second-order valence-corrected chi connectivity index (χ2v) is 12.4. The first-order valence-electron chi connectivity index (χ1n) is 13.6. The van der Waals surface area contributed by atoms with Crippen molar-refractivity contribution >= 4 is 12.3 Å². The number of allylic oxidation sites excluding steroid dienone is 1. The molecule has 4 bridgehead atoms. The fraction of sp³-hybridized carbons (Fsp3) is 0.857. The van der Waals surface area contributed by atoms with Crippen LogP contribution in [0.5, 0.6) is 0 Å². The fourth-order valence-electron chi connectivity index (χ4n) is 9.46. The van der Waals surface area contributed by atoms with E-state index in [1.807, 2.05) is 0 Å². The van der Waals surface area contributed by atoms with Crippen molar-refractivity contribution in [3.05, 3.63) is 11.6 Å². The quantitative estimate of drug-likeness (QED) is 0.416. The predicted octanol–water partition coefficient (Wildman–Crippen LogP) is 4.38. The van der Waals surface area contributed by atoms with E-state index in [4.69, 9.17) is 9.47 Å². The SMILES string of the molecule is CCCN1C[C@H](OC[C@@]23C[C@@H]4[C@H](C)CC[C@H]4[C@]4(C=O)C[C@@H]2C=C(C(C)C)[C@@]34C(=O)O)O[C@H](C)C1. The van der Waals surface area contributed by atoms with E-state index in [1.54, 1.807) is 0 Å². The lowest BCUT2D eigenvalue weighted by atomic mass is 9.43. The zero-order valence-electron chi connectivity index (χ0n) is 21.6. The van der Waals surface area contributed by atoms with Crippen LogP contribution >= 0.6 is 0 Å². The monoisotopic (exact) mass is 473 g/mol. The first kappa shape index (κ1) is 24.5. The van der Waals surface area contributed by atoms with Crippen LogP contribution in [0.25, 0.3) is 0 Å². The van der Waals surface area contributed by atoms with Crippen molar-refractivity contribution < 1.29 is 24.2 Å². The van der Waals surface area contributed by atoms with Gasteiger partial charge in [0.25, 0.3) is 0 Å². The number of hydrogen-bond donors (Lipinski definition) is 1. The Labute approximate surface area is 204 Å². The number of aliphatic carboxylic acids is 1. The van der Waals surface area contributed by atoms with E-state index in [2.05, 4.69) is 45.6 Å². The summed E-state index contributed by atoms with van der Waals surface area (Å²) in [5.41, 5.74) is -1.62. The van der Waals surface area contributed by atoms with Gasteiger partial charge >= 0.3 is 5.97 Å². The zero-order valence-corrected chi connectivity index (χ0v) is 21.6. The van der Waals surface area contributed by atoms with Crippen LogP contribution in [0.15, 0.2) is 11.6 Å². The van der Waals surface area contributed by atoms with Gasteiger partial charge in [-0.15, -0.1) is 0 Å². The number of carboxylic acids is 1. The van der Waals surface area contributed by atoms with Crippen molar-refractivity contribution in [1.82, 2.24) is 4.90 Å². The first-order chi connectivity index (χ1) is 16.2. The van der Waals surface area contributed by atoms with Crippen LogP contribution in [0.3, 0.4) is 0 Å². The second-order valence-electron chi connectivity index (χ2n) is 12.4. The van der Waals surface area contributed by atoms with Crippen molar-refractivity contribution in [2.45, 2.75) is 79.1 Å². The summed E-state index contributed by atoms with van der Waals surface area (Å²) in [7, 11) is 0. The van der Waals surface area contributed by atoms with Crippen LogP contribution in [0.1, 0.15) is 66.7 Å². The number of fused-ring (bicyclic) bond motifs is 2. The number of carbonyl (C=O) groups excluding carboxylic acids is 1. The molecule has 4 aliphatic carbocycles. The summed E-state index contributed by atoms with van der Waals surface area (Å²) in [6, 6.07) is 0. The molecule has 1 heterocycles. The Morgan fingerprint density at radius 1 is 1.29 bits per heavy atom. The van der Waals surface area contributed by atoms with Crippen molar-refractivity contribution in [3.63, 3.8) is 0 Å². The Morgan fingerprint density at radius 2 is 2.06 bits per heavy atom. The molecule has 9 atom stereocenters. The van der Waals surface area contributed by atoms with Crippen LogP contribution in [-0.4, -0.2) is 60.9 Å². The maximum absolute atomic E-state index is 13.5. The van der Waals surface area contributed by atoms with Gasteiger partial charge in [0.15, 0.2) is 6.29 Å². The molecule has 5 rings (SSSR count). The standard InChI is InChI=1S/C28H43NO5/c1-6-9-29-13-19(5)34-24(14-29)33-16-27-12-21-18(4)7-8-22(21)26(15-30)11-20(27)10-23(17(2)3)28(26,27)25(31)32/h10,15,17-22,24H,6-9,11-14,16H2,1-5H3,(H,31,32)/t18-,19-,20+,21-,22-,24-,26-,27+,28+/m1/s1. The van der Waals surface area contributed by atoms with Gasteiger partial charge in [-0.2, -0.15) is 0 Å². The van der Waals surface area contributed by atoms with Gasteiger partial charge in [0.05, 0.1) is 18.1 Å². The maximum Gasteiger partial charge on any atom is 0.315 e. The number of carboxylic acid groups (broad SMARTS) is 1. The summed E-state index contributed by atoms with van der Waals surface area (Å²) in [5, 5.41) is 11.1. The number of hydrogen-bond acceptors (Lipinski definition) is 5. The smallest absolute Gasteiger partial charge is 0.315 e. The molecule has 34 heavy (non-hydrogen) atoms. The predicted molar refractivity (Wildman–Crippen MR) is 129 cm³/mol. The minimum atomic E-state index is -1.17. The molecule has 1 aliphatic heterocycles. The van der Waals surface area contributed by atoms with Gasteiger partial charge in [-0.25, -0.2) is 0 Å². The molecule has 0 aromatic heterocycles. The average Bonchev–Trinajstić information content (AvgIpc) is 3.35. The number of ether oxygens (including phenoxy) is 2. The number of aldehydes is 1. The van der Waals surface area contributed by atoms with Crippen molar-refractivity contribution in [2.24, 2.45) is 45.8 Å². The average molecular weight is 474 g/mol. The lowest BCUT2D eigenvalue weighted by Crippen LogP contribution is -2.64. The molecule has 1 N–H and O–H groups in total. The molecule has 0 radical (unpaired) electrons. The Balaban J connectivity index is 1.55. The highest BCUT2D eigenvalue weighted by Crippen LogP contribution is 2.82. The lowest BCUT2D eigenvalue weighted by molar-refractivity contribution is -0.236. The van der Waals surface area contributed by atoms with Crippen molar-refractivity contribution in [3.8, 4) is 0 Å². The molecule has 0 spiro atoms. The van der Waals surface area contributed by atoms with Crippen LogP contribution in [-0.2, 0) is 19.1 Å². The summed E-state index contributed by atoms with van der Waals surface area (Å²) in [5.74, 6) is 0.391. The summed E-state index contributed by atoms with van der Waals surface area (Å²) in [6.45, 7) is 13.7. The molecule has 190 valence electrons. The van der Waals surface area contributed by atoms with Gasteiger partial charge in [-0.05, 0) is 68.7 Å². The Hall–Kier alpha value is -1.24. The Kier molecular flexibility index (Phi) is 6.05. The topological polar surface area (TPSA) is 76.1 Å². The maximum atomic E-state index is 13.5. The highest BCUT2D eigenvalue weighted by atomic mass is 16.7. The molecule has 0 aromatic rings. The van der Waals surface area contributed by atoms with E-state index >= 15 is 0 Å². The van der Waals surface area contributed by atoms with Gasteiger partial charge in [0, 0.05) is 18.5 Å². The lowest BCUT2D eigenvalue weighted by Gasteiger charge is -2.58. The fourth-order valence-corrected chi connectivity index (χ4v) is 9.46. The first-order valence-corrected chi connectivity index (χ1v) is 13.6. The number of rotatable bonds is 8. The third kappa shape index (κ3) is 2.97. The van der Waals surface area contributed by atoms with Crippen molar-refractivity contribution in [2.75, 3.05) is 26.2 Å². The van der Waals surface area contributed by atoms with Gasteiger partial charge < -0.3 is 19.4 Å². The summed E-state index contributed by atoms with van der Waals surface area (Å²) < 4.78 is 12.7. The summed E-state index contributed by atoms with van der Waals surface area (Å²) in [6.07, 6.45) is 7.66. The zero-order chi connectivity index (χ0) is 24.5. The molecule has 3 saturated carbocycles. The number of carbonyl (C=O) groups is 2. The molecule has 5 aliphatic rings. The molecule has 6 nitrogen and oxygen atoms in total. The van der Waals surface area contributed by atoms with E-state index in [0.717, 1.165) is 50.6 Å². The molecule has 6 heteroatoms. The van der Waals surface area contributed by atoms with E-state index in [1.165, 1.54) is 0 Å². The van der Waals surface area contributed by atoms with E-state index in [0.29, 0.717) is 31.4 Å². The molecule has 1 saturated heterocycles. The van der Waals surface area contributed by atoms with Gasteiger partial charge in [0.1, 0.15) is 11.7 Å². The van der Waals surface area contributed by atoms with Gasteiger partial charge in [-0.1, -0.05) is 45.8 Å². The third-order valence-corrected chi connectivity index (χ3v) is 10.5. The molecule has 0 aromatic carbocycles. The largest absolute Gasteiger partial charge is 0.481 e. The minimum absolute atomic E-state index is 0.0664. The van der Waals surface area contributed by atoms with E-state index in [9.17, 15) is 14.7 Å². The Morgan fingerprint density at radius 3 is 2.71 bits per heavy atom. The summed E-state index contributed by atoms with van der Waals surface area (Å²) in [4.78, 5) is 29.0. The van der Waals surface area contributed by atoms with E-state index < -0.39 is 22.2 Å². The minimum Gasteiger partial charge on any atom is -0.481 e. The van der Waals surface area contributed by atoms with Crippen LogP contribution in [0, 0.1) is 45.8 Å². The number of nitrogens with zero attached hydrogens (tertiary/aromatic N) is 1. The third-order valence-electron chi connectivity index (χ3n) is 10.5. The normalized spacial score (nSPS) is 47.6. The second kappa shape index (κ2) is 8.41. The van der Waals surface area contributed by atoms with Gasteiger partial charge in [-0.3, -0.25) is 9.69 Å². The van der Waals surface area contributed by atoms with Crippen molar-refractivity contribution in [1.29, 1.82) is 0 Å². The Bertz CT molecular complexity index is 871. The summed E-state index contributed by atoms with van der Waals surface area (Å²) >= 11 is 0. The molecular weight excluding hydrogens is 430 g/mol. The molecule has 0 amide bonds. The highest BCUT2D eigenvalue weighted by Gasteiger charge is 2.84. The van der Waals surface area contributed by atoms with Gasteiger partial charge in [0.2, 0.25) is 0 Å². The van der Waals surface area contributed by atoms with Crippen LogP contribution in [0.4, 0.5) is 0 Å². The highest BCUT2D eigenvalue weighted by molar-refractivity contribution is 5.90. The number of morpholine rings is 1. The van der Waals surface area contributed by atoms with Crippen LogP contribution < -0.4 is 0 Å². The van der Waals surface area contributed by atoms with E-state index in [-0.39, 0.29) is 30.1 Å². The molecular formula is C28H43NO5.